The third-order valence-electron chi connectivity index (χ3n) is 5.35. The molecular formula is C21H24FN9O. The Hall–Kier alpha value is -3.57. The third kappa shape index (κ3) is 4.39. The van der Waals surface area contributed by atoms with Crippen molar-refractivity contribution in [2.24, 2.45) is 0 Å². The molecule has 0 atom stereocenters. The standard InChI is InChI=1S/C21H24FN9O/c22-17-7-15(8-19(9-17)29-3-1-23-2-4-29)13-31-20-16(11-26-31)10-24-21(28-20)27-18-12-25-30(14-18)5-6-32/h7-12,14,23,32H,1-6,13H2,(H,24,27,28). The Bertz CT molecular complexity index is 1220. The van der Waals surface area contributed by atoms with Gasteiger partial charge in [0.25, 0.3) is 0 Å². The Balaban J connectivity index is 1.38. The summed E-state index contributed by atoms with van der Waals surface area (Å²) in [7, 11) is 0. The molecule has 0 aliphatic carbocycles. The highest BCUT2D eigenvalue weighted by molar-refractivity contribution is 5.75. The molecule has 0 saturated carbocycles. The fraction of sp³-hybridized carbons (Fsp3) is 0.333. The molecule has 0 unspecified atom stereocenters. The summed E-state index contributed by atoms with van der Waals surface area (Å²) in [4.78, 5) is 11.1. The summed E-state index contributed by atoms with van der Waals surface area (Å²) in [6, 6.07) is 5.13. The van der Waals surface area contributed by atoms with E-state index >= 15 is 0 Å². The number of benzene rings is 1. The molecule has 3 aromatic heterocycles. The zero-order valence-electron chi connectivity index (χ0n) is 17.4. The number of piperazine rings is 1. The lowest BCUT2D eigenvalue weighted by molar-refractivity contribution is 0.269. The predicted molar refractivity (Wildman–Crippen MR) is 119 cm³/mol. The average molecular weight is 437 g/mol. The molecule has 0 radical (unpaired) electrons. The minimum atomic E-state index is -0.260. The summed E-state index contributed by atoms with van der Waals surface area (Å²) < 4.78 is 17.7. The normalized spacial score (nSPS) is 14.2. The van der Waals surface area contributed by atoms with Crippen molar-refractivity contribution >= 4 is 28.4 Å². The van der Waals surface area contributed by atoms with E-state index in [2.05, 4.69) is 35.7 Å². The lowest BCUT2D eigenvalue weighted by Crippen LogP contribution is -2.43. The van der Waals surface area contributed by atoms with Crippen molar-refractivity contribution < 1.29 is 9.50 Å². The summed E-state index contributed by atoms with van der Waals surface area (Å²) in [5.41, 5.74) is 3.07. The summed E-state index contributed by atoms with van der Waals surface area (Å²) >= 11 is 0. The Morgan fingerprint density at radius 3 is 2.81 bits per heavy atom. The van der Waals surface area contributed by atoms with Crippen LogP contribution in [-0.4, -0.2) is 67.4 Å². The molecule has 1 fully saturated rings. The predicted octanol–water partition coefficient (Wildman–Crippen LogP) is 1.36. The van der Waals surface area contributed by atoms with E-state index in [4.69, 9.17) is 5.11 Å². The van der Waals surface area contributed by atoms with Crippen LogP contribution in [0.4, 0.5) is 21.7 Å². The molecule has 4 aromatic rings. The van der Waals surface area contributed by atoms with Crippen LogP contribution in [0.3, 0.4) is 0 Å². The van der Waals surface area contributed by atoms with Crippen LogP contribution in [0, 0.1) is 5.82 Å². The van der Waals surface area contributed by atoms with Crippen molar-refractivity contribution in [3.05, 3.63) is 54.4 Å². The summed E-state index contributed by atoms with van der Waals surface area (Å²) in [6.07, 6.45) is 6.81. The molecule has 1 aliphatic rings. The van der Waals surface area contributed by atoms with Gasteiger partial charge in [-0.2, -0.15) is 15.2 Å². The summed E-state index contributed by atoms with van der Waals surface area (Å²) in [5, 5.41) is 24.9. The molecule has 1 saturated heterocycles. The second-order valence-corrected chi connectivity index (χ2v) is 7.67. The van der Waals surface area contributed by atoms with Gasteiger partial charge in [-0.1, -0.05) is 0 Å². The quantitative estimate of drug-likeness (QED) is 0.398. The van der Waals surface area contributed by atoms with Crippen molar-refractivity contribution in [2.45, 2.75) is 13.1 Å². The molecule has 166 valence electrons. The highest BCUT2D eigenvalue weighted by Gasteiger charge is 2.14. The van der Waals surface area contributed by atoms with Gasteiger partial charge < -0.3 is 20.6 Å². The molecule has 3 N–H and O–H groups in total. The number of halogens is 1. The van der Waals surface area contributed by atoms with Gasteiger partial charge in [-0.05, 0) is 23.8 Å². The van der Waals surface area contributed by atoms with Gasteiger partial charge in [-0.25, -0.2) is 14.1 Å². The van der Waals surface area contributed by atoms with Gasteiger partial charge in [-0.15, -0.1) is 0 Å². The zero-order chi connectivity index (χ0) is 21.9. The van der Waals surface area contributed by atoms with Crippen molar-refractivity contribution in [3.8, 4) is 0 Å². The number of nitrogens with one attached hydrogen (secondary N) is 2. The second kappa shape index (κ2) is 8.89. The average Bonchev–Trinajstić information content (AvgIpc) is 3.41. The van der Waals surface area contributed by atoms with Gasteiger partial charge in [0, 0.05) is 44.3 Å². The van der Waals surface area contributed by atoms with Gasteiger partial charge in [-0.3, -0.25) is 4.68 Å². The molecular weight excluding hydrogens is 413 g/mol. The van der Waals surface area contributed by atoms with Gasteiger partial charge >= 0.3 is 0 Å². The molecule has 10 nitrogen and oxygen atoms in total. The first-order chi connectivity index (χ1) is 15.7. The monoisotopic (exact) mass is 437 g/mol. The molecule has 5 rings (SSSR count). The first kappa shape index (κ1) is 20.3. The number of nitrogens with zero attached hydrogens (tertiary/aromatic N) is 7. The van der Waals surface area contributed by atoms with Gasteiger partial charge in [0.1, 0.15) is 5.82 Å². The molecule has 0 amide bonds. The summed E-state index contributed by atoms with van der Waals surface area (Å²) in [6.45, 7) is 4.31. The van der Waals surface area contributed by atoms with Crippen LogP contribution in [0.2, 0.25) is 0 Å². The molecule has 0 bridgehead atoms. The van der Waals surface area contributed by atoms with Gasteiger partial charge in [0.05, 0.1) is 43.2 Å². The molecule has 32 heavy (non-hydrogen) atoms. The Labute approximate surface area is 183 Å². The highest BCUT2D eigenvalue weighted by Crippen LogP contribution is 2.22. The van der Waals surface area contributed by atoms with Gasteiger partial charge in [0.2, 0.25) is 5.95 Å². The van der Waals surface area contributed by atoms with Crippen LogP contribution in [-0.2, 0) is 13.1 Å². The van der Waals surface area contributed by atoms with Crippen LogP contribution in [0.5, 0.6) is 0 Å². The van der Waals surface area contributed by atoms with Crippen LogP contribution < -0.4 is 15.5 Å². The first-order valence-corrected chi connectivity index (χ1v) is 10.5. The number of hydrogen-bond acceptors (Lipinski definition) is 8. The van der Waals surface area contributed by atoms with Crippen molar-refractivity contribution in [2.75, 3.05) is 43.0 Å². The number of hydrogen-bond donors (Lipinski definition) is 3. The van der Waals surface area contributed by atoms with Gasteiger partial charge in [0.15, 0.2) is 5.65 Å². The van der Waals surface area contributed by atoms with E-state index in [1.807, 2.05) is 6.07 Å². The number of aliphatic hydroxyl groups excluding tert-OH is 1. The van der Waals surface area contributed by atoms with Crippen LogP contribution >= 0.6 is 0 Å². The molecule has 11 heteroatoms. The fourth-order valence-corrected chi connectivity index (χ4v) is 3.83. The van der Waals surface area contributed by atoms with E-state index in [1.54, 1.807) is 40.2 Å². The number of anilines is 3. The minimum absolute atomic E-state index is 0.0131. The van der Waals surface area contributed by atoms with Crippen molar-refractivity contribution in [3.63, 3.8) is 0 Å². The SMILES string of the molecule is OCCn1cc(Nc2ncc3cnn(Cc4cc(F)cc(N5CCNCC5)c4)c3n2)cn1. The van der Waals surface area contributed by atoms with E-state index < -0.39 is 0 Å². The van der Waals surface area contributed by atoms with Crippen molar-refractivity contribution in [1.29, 1.82) is 0 Å². The topological polar surface area (TPSA) is 109 Å². The zero-order valence-corrected chi connectivity index (χ0v) is 17.4. The van der Waals surface area contributed by atoms with Crippen LogP contribution in [0.25, 0.3) is 11.0 Å². The van der Waals surface area contributed by atoms with Crippen LogP contribution in [0.15, 0.2) is 43.0 Å². The van der Waals surface area contributed by atoms with E-state index in [-0.39, 0.29) is 12.4 Å². The molecule has 1 aromatic carbocycles. The maximum Gasteiger partial charge on any atom is 0.229 e. The molecule has 0 spiro atoms. The fourth-order valence-electron chi connectivity index (χ4n) is 3.83. The first-order valence-electron chi connectivity index (χ1n) is 10.5. The maximum absolute atomic E-state index is 14.4. The number of fused-ring (bicyclic) bond motifs is 1. The Morgan fingerprint density at radius 2 is 1.97 bits per heavy atom. The second-order valence-electron chi connectivity index (χ2n) is 7.67. The highest BCUT2D eigenvalue weighted by atomic mass is 19.1. The number of aliphatic hydroxyl groups is 1. The Morgan fingerprint density at radius 1 is 1.09 bits per heavy atom. The third-order valence-corrected chi connectivity index (χ3v) is 5.35. The van der Waals surface area contributed by atoms with E-state index in [0.717, 1.165) is 48.5 Å². The van der Waals surface area contributed by atoms with E-state index in [9.17, 15) is 4.39 Å². The number of rotatable bonds is 7. The lowest BCUT2D eigenvalue weighted by atomic mass is 10.1. The molecule has 1 aliphatic heterocycles. The maximum atomic E-state index is 14.4. The minimum Gasteiger partial charge on any atom is -0.394 e. The molecule has 4 heterocycles. The Kier molecular flexibility index (Phi) is 5.65. The number of aromatic nitrogens is 6. The van der Waals surface area contributed by atoms with E-state index in [0.29, 0.717) is 24.7 Å². The van der Waals surface area contributed by atoms with Crippen molar-refractivity contribution in [1.82, 2.24) is 34.8 Å². The lowest BCUT2D eigenvalue weighted by Gasteiger charge is -2.29. The summed E-state index contributed by atoms with van der Waals surface area (Å²) in [5.74, 6) is 0.146. The smallest absolute Gasteiger partial charge is 0.229 e. The van der Waals surface area contributed by atoms with Crippen LogP contribution in [0.1, 0.15) is 5.56 Å². The largest absolute Gasteiger partial charge is 0.394 e. The van der Waals surface area contributed by atoms with E-state index in [1.165, 1.54) is 6.07 Å².